The van der Waals surface area contributed by atoms with Crippen molar-refractivity contribution in [3.05, 3.63) is 53.5 Å². The van der Waals surface area contributed by atoms with Crippen molar-refractivity contribution in [2.24, 2.45) is 11.7 Å². The quantitative estimate of drug-likeness (QED) is 0.734. The molecule has 7 heteroatoms. The summed E-state index contributed by atoms with van der Waals surface area (Å²) in [6.07, 6.45) is 3.36. The number of anilines is 1. The zero-order valence-electron chi connectivity index (χ0n) is 14.0. The van der Waals surface area contributed by atoms with Gasteiger partial charge in [0.15, 0.2) is 0 Å². The summed E-state index contributed by atoms with van der Waals surface area (Å²) in [6, 6.07) is 8.97. The highest BCUT2D eigenvalue weighted by Gasteiger charge is 2.29. The van der Waals surface area contributed by atoms with Crippen molar-refractivity contribution in [3.63, 3.8) is 0 Å². The minimum Gasteiger partial charge on any atom is -0.467 e. The Balaban J connectivity index is 0.00000225. The fourth-order valence-corrected chi connectivity index (χ4v) is 2.42. The van der Waals surface area contributed by atoms with Gasteiger partial charge in [-0.25, -0.2) is 0 Å². The minimum atomic E-state index is -0.211. The summed E-state index contributed by atoms with van der Waals surface area (Å²) in [5, 5.41) is 5.81. The van der Waals surface area contributed by atoms with E-state index in [0.717, 1.165) is 24.1 Å². The molecular formula is C18H22ClN3O3. The number of furan rings is 1. The molecule has 0 bridgehead atoms. The molecule has 1 aromatic heterocycles. The molecule has 0 spiro atoms. The average Bonchev–Trinajstić information content (AvgIpc) is 3.32. The van der Waals surface area contributed by atoms with Crippen molar-refractivity contribution >= 4 is 29.9 Å². The van der Waals surface area contributed by atoms with Gasteiger partial charge in [0.05, 0.1) is 18.2 Å². The van der Waals surface area contributed by atoms with Crippen molar-refractivity contribution < 1.29 is 14.0 Å². The molecule has 1 heterocycles. The molecule has 0 aliphatic heterocycles. The Morgan fingerprint density at radius 1 is 1.28 bits per heavy atom. The van der Waals surface area contributed by atoms with Crippen LogP contribution >= 0.6 is 12.4 Å². The molecule has 2 aromatic rings. The van der Waals surface area contributed by atoms with Crippen LogP contribution in [0.25, 0.3) is 0 Å². The Morgan fingerprint density at radius 3 is 2.52 bits per heavy atom. The highest BCUT2D eigenvalue weighted by atomic mass is 35.5. The van der Waals surface area contributed by atoms with Gasteiger partial charge in [-0.05, 0) is 43.5 Å². The van der Waals surface area contributed by atoms with Crippen molar-refractivity contribution in [1.29, 1.82) is 0 Å². The van der Waals surface area contributed by atoms with Crippen LogP contribution in [0.4, 0.5) is 5.69 Å². The Labute approximate surface area is 152 Å². The largest absolute Gasteiger partial charge is 0.467 e. The van der Waals surface area contributed by atoms with Crippen LogP contribution in [-0.2, 0) is 11.3 Å². The number of carbonyl (C=O) groups is 2. The smallest absolute Gasteiger partial charge is 0.255 e. The molecule has 2 amide bonds. The maximum atomic E-state index is 12.2. The van der Waals surface area contributed by atoms with E-state index in [0.29, 0.717) is 11.3 Å². The maximum absolute atomic E-state index is 12.2. The second-order valence-corrected chi connectivity index (χ2v) is 6.09. The first-order valence-electron chi connectivity index (χ1n) is 8.06. The molecule has 6 nitrogen and oxygen atoms in total. The summed E-state index contributed by atoms with van der Waals surface area (Å²) >= 11 is 0. The van der Waals surface area contributed by atoms with Crippen LogP contribution in [0.5, 0.6) is 0 Å². The lowest BCUT2D eigenvalue weighted by atomic mass is 10.1. The molecule has 0 saturated heterocycles. The lowest BCUT2D eigenvalue weighted by Gasteiger charge is -2.14. The Hall–Kier alpha value is -2.31. The van der Waals surface area contributed by atoms with Gasteiger partial charge in [0.25, 0.3) is 5.91 Å². The summed E-state index contributed by atoms with van der Waals surface area (Å²) in [6.45, 7) is 2.16. The van der Waals surface area contributed by atoms with E-state index in [1.807, 2.05) is 31.2 Å². The van der Waals surface area contributed by atoms with Gasteiger partial charge in [-0.1, -0.05) is 12.1 Å². The first-order chi connectivity index (χ1) is 11.6. The summed E-state index contributed by atoms with van der Waals surface area (Å²) < 4.78 is 5.17. The number of rotatable bonds is 6. The number of benzene rings is 1. The van der Waals surface area contributed by atoms with Gasteiger partial charge < -0.3 is 20.8 Å². The van der Waals surface area contributed by atoms with Crippen molar-refractivity contribution in [1.82, 2.24) is 5.32 Å². The molecular weight excluding hydrogens is 342 g/mol. The van der Waals surface area contributed by atoms with Crippen LogP contribution in [0.1, 0.15) is 47.5 Å². The highest BCUT2D eigenvalue weighted by Crippen LogP contribution is 2.30. The fourth-order valence-electron chi connectivity index (χ4n) is 2.42. The van der Waals surface area contributed by atoms with Crippen LogP contribution in [-0.4, -0.2) is 11.8 Å². The predicted molar refractivity (Wildman–Crippen MR) is 97.5 cm³/mol. The molecule has 1 fully saturated rings. The number of halogens is 1. The number of hydrogen-bond donors (Lipinski definition) is 3. The zero-order valence-corrected chi connectivity index (χ0v) is 14.8. The molecule has 4 N–H and O–H groups in total. The van der Waals surface area contributed by atoms with E-state index in [1.54, 1.807) is 6.07 Å². The lowest BCUT2D eigenvalue weighted by molar-refractivity contribution is -0.117. The van der Waals surface area contributed by atoms with E-state index in [1.165, 1.54) is 6.26 Å². The fraction of sp³-hybridized carbons (Fsp3) is 0.333. The highest BCUT2D eigenvalue weighted by molar-refractivity contribution is 5.94. The predicted octanol–water partition coefficient (Wildman–Crippen LogP) is 3.00. The van der Waals surface area contributed by atoms with Crippen LogP contribution in [0.2, 0.25) is 0 Å². The van der Waals surface area contributed by atoms with Gasteiger partial charge >= 0.3 is 0 Å². The first-order valence-corrected chi connectivity index (χ1v) is 8.06. The molecule has 0 radical (unpaired) electrons. The minimum absolute atomic E-state index is 0. The number of hydrogen-bond acceptors (Lipinski definition) is 4. The molecule has 1 unspecified atom stereocenters. The van der Waals surface area contributed by atoms with E-state index < -0.39 is 0 Å². The number of nitrogens with two attached hydrogens (primary N) is 1. The lowest BCUT2D eigenvalue weighted by Crippen LogP contribution is -2.26. The molecule has 1 saturated carbocycles. The summed E-state index contributed by atoms with van der Waals surface area (Å²) in [5.41, 5.74) is 7.65. The Bertz CT molecular complexity index is 738. The van der Waals surface area contributed by atoms with Crippen LogP contribution in [0.3, 0.4) is 0 Å². The number of amides is 2. The van der Waals surface area contributed by atoms with Crippen molar-refractivity contribution in [2.45, 2.75) is 32.4 Å². The molecule has 25 heavy (non-hydrogen) atoms. The molecule has 134 valence electrons. The van der Waals surface area contributed by atoms with Crippen molar-refractivity contribution in [3.8, 4) is 0 Å². The second-order valence-electron chi connectivity index (χ2n) is 6.09. The van der Waals surface area contributed by atoms with E-state index in [4.69, 9.17) is 10.2 Å². The van der Waals surface area contributed by atoms with E-state index in [-0.39, 0.29) is 42.7 Å². The van der Waals surface area contributed by atoms with Gasteiger partial charge in [0.2, 0.25) is 5.91 Å². The summed E-state index contributed by atoms with van der Waals surface area (Å²) in [5.74, 6) is 0.622. The summed E-state index contributed by atoms with van der Waals surface area (Å²) in [7, 11) is 0. The Kier molecular flexibility index (Phi) is 6.22. The van der Waals surface area contributed by atoms with E-state index in [9.17, 15) is 9.59 Å². The van der Waals surface area contributed by atoms with Crippen LogP contribution < -0.4 is 16.4 Å². The SMILES string of the molecule is CC(NC(=O)c1coc(CN)c1)c1ccc(NC(=O)C2CC2)cc1.Cl. The molecule has 1 aromatic carbocycles. The first kappa shape index (κ1) is 19.0. The molecule has 3 rings (SSSR count). The van der Waals surface area contributed by atoms with Crippen LogP contribution in [0.15, 0.2) is 41.0 Å². The monoisotopic (exact) mass is 363 g/mol. The number of carbonyl (C=O) groups excluding carboxylic acids is 2. The summed E-state index contributed by atoms with van der Waals surface area (Å²) in [4.78, 5) is 23.9. The van der Waals surface area contributed by atoms with Gasteiger partial charge in [-0.2, -0.15) is 0 Å². The molecule has 1 aliphatic rings. The Morgan fingerprint density at radius 2 is 1.96 bits per heavy atom. The standard InChI is InChI=1S/C18H21N3O3.ClH/c1-11(20-18(23)14-8-16(9-19)24-10-14)12-4-6-15(7-5-12)21-17(22)13-2-3-13;/h4-8,10-11,13H,2-3,9,19H2,1H3,(H,20,23)(H,21,22);1H. The third kappa shape index (κ3) is 4.84. The normalized spacial score (nSPS) is 14.3. The van der Waals surface area contributed by atoms with Gasteiger partial charge in [0, 0.05) is 11.6 Å². The third-order valence-electron chi connectivity index (χ3n) is 4.09. The molecule has 1 aliphatic carbocycles. The van der Waals surface area contributed by atoms with Gasteiger partial charge in [0.1, 0.15) is 12.0 Å². The van der Waals surface area contributed by atoms with E-state index >= 15 is 0 Å². The van der Waals surface area contributed by atoms with Gasteiger partial charge in [-0.15, -0.1) is 12.4 Å². The van der Waals surface area contributed by atoms with E-state index in [2.05, 4.69) is 10.6 Å². The van der Waals surface area contributed by atoms with Crippen LogP contribution in [0, 0.1) is 5.92 Å². The van der Waals surface area contributed by atoms with Gasteiger partial charge in [-0.3, -0.25) is 9.59 Å². The van der Waals surface area contributed by atoms with Crippen molar-refractivity contribution in [2.75, 3.05) is 5.32 Å². The topological polar surface area (TPSA) is 97.4 Å². The zero-order chi connectivity index (χ0) is 17.1. The molecule has 1 atom stereocenters. The number of nitrogens with one attached hydrogen (secondary N) is 2. The maximum Gasteiger partial charge on any atom is 0.255 e. The average molecular weight is 364 g/mol. The second kappa shape index (κ2) is 8.18. The third-order valence-corrected chi connectivity index (χ3v) is 4.09.